The van der Waals surface area contributed by atoms with Crippen molar-refractivity contribution in [3.63, 3.8) is 0 Å². The smallest absolute Gasteiger partial charge is 0.354 e. The summed E-state index contributed by atoms with van der Waals surface area (Å²) in [6.07, 6.45) is 4.93. The molecule has 0 aliphatic heterocycles. The van der Waals surface area contributed by atoms with E-state index in [1.807, 2.05) is 13.0 Å². The maximum atomic E-state index is 10.9. The lowest BCUT2D eigenvalue weighted by atomic mass is 10.3. The third kappa shape index (κ3) is 2.35. The fraction of sp³-hybridized carbons (Fsp3) is 0.0769. The molecule has 1 N–H and O–H groups in total. The minimum Gasteiger partial charge on any atom is -0.477 e. The number of pyridine rings is 1. The van der Waals surface area contributed by atoms with Crippen LogP contribution in [0.2, 0.25) is 0 Å². The normalized spacial score (nSPS) is 10.8. The number of hydrogen-bond donors (Lipinski definition) is 1. The number of carboxylic acid groups (broad SMARTS) is 1. The minimum atomic E-state index is -1.04. The van der Waals surface area contributed by atoms with Gasteiger partial charge in [-0.3, -0.25) is 0 Å². The van der Waals surface area contributed by atoms with Gasteiger partial charge in [0.2, 0.25) is 0 Å². The van der Waals surface area contributed by atoms with Gasteiger partial charge in [-0.25, -0.2) is 19.3 Å². The number of rotatable bonds is 3. The zero-order chi connectivity index (χ0) is 14.1. The zero-order valence-corrected chi connectivity index (χ0v) is 11.3. The van der Waals surface area contributed by atoms with E-state index in [9.17, 15) is 4.79 Å². The molecule has 6 nitrogen and oxygen atoms in total. The van der Waals surface area contributed by atoms with Gasteiger partial charge >= 0.3 is 5.97 Å². The highest BCUT2D eigenvalue weighted by molar-refractivity contribution is 7.99. The van der Waals surface area contributed by atoms with Gasteiger partial charge in [0, 0.05) is 23.5 Å². The van der Waals surface area contributed by atoms with Crippen molar-refractivity contribution in [3.05, 3.63) is 48.2 Å². The second-order valence-electron chi connectivity index (χ2n) is 4.13. The first-order chi connectivity index (χ1) is 9.63. The van der Waals surface area contributed by atoms with Crippen molar-refractivity contribution >= 4 is 23.2 Å². The third-order valence-corrected chi connectivity index (χ3v) is 3.64. The topological polar surface area (TPSA) is 80.4 Å². The van der Waals surface area contributed by atoms with Crippen LogP contribution in [0.1, 0.15) is 16.2 Å². The molecular weight excluding hydrogens is 276 g/mol. The minimum absolute atomic E-state index is 0.0200. The van der Waals surface area contributed by atoms with E-state index in [0.717, 1.165) is 21.1 Å². The Morgan fingerprint density at radius 3 is 2.95 bits per heavy atom. The van der Waals surface area contributed by atoms with Crippen LogP contribution >= 0.6 is 11.8 Å². The van der Waals surface area contributed by atoms with E-state index in [1.165, 1.54) is 24.0 Å². The SMILES string of the molecule is Cc1cc2c(Sc3ccnc(C(=O)O)c3)nccn2n1. The molecule has 0 spiro atoms. The molecular formula is C13H10N4O2S. The number of fused-ring (bicyclic) bond motifs is 1. The number of carboxylic acids is 1. The van der Waals surface area contributed by atoms with Crippen molar-refractivity contribution in [1.82, 2.24) is 19.6 Å². The molecule has 0 atom stereocenters. The molecule has 0 unspecified atom stereocenters. The molecule has 3 heterocycles. The summed E-state index contributed by atoms with van der Waals surface area (Å²) in [7, 11) is 0. The Labute approximate surface area is 118 Å². The van der Waals surface area contributed by atoms with Crippen LogP contribution in [0.3, 0.4) is 0 Å². The molecule has 0 radical (unpaired) electrons. The summed E-state index contributed by atoms with van der Waals surface area (Å²) in [6, 6.07) is 5.22. The van der Waals surface area contributed by atoms with Crippen LogP contribution in [0.15, 0.2) is 46.7 Å². The highest BCUT2D eigenvalue weighted by Crippen LogP contribution is 2.29. The van der Waals surface area contributed by atoms with Crippen molar-refractivity contribution in [1.29, 1.82) is 0 Å². The van der Waals surface area contributed by atoms with Crippen molar-refractivity contribution in [2.75, 3.05) is 0 Å². The number of aromatic carboxylic acids is 1. The Bertz CT molecular complexity index is 800. The fourth-order valence-corrected chi connectivity index (χ4v) is 2.70. The highest BCUT2D eigenvalue weighted by Gasteiger charge is 2.10. The molecule has 0 aliphatic rings. The van der Waals surface area contributed by atoms with Crippen molar-refractivity contribution in [3.8, 4) is 0 Å². The maximum absolute atomic E-state index is 10.9. The third-order valence-electron chi connectivity index (χ3n) is 2.64. The first kappa shape index (κ1) is 12.6. The van der Waals surface area contributed by atoms with Gasteiger partial charge in [0.25, 0.3) is 0 Å². The van der Waals surface area contributed by atoms with Crippen LogP contribution in [0.25, 0.3) is 5.52 Å². The molecule has 20 heavy (non-hydrogen) atoms. The molecule has 0 saturated heterocycles. The van der Waals surface area contributed by atoms with E-state index < -0.39 is 5.97 Å². The second-order valence-corrected chi connectivity index (χ2v) is 5.19. The molecule has 0 amide bonds. The first-order valence-electron chi connectivity index (χ1n) is 5.82. The number of carbonyl (C=O) groups is 1. The summed E-state index contributed by atoms with van der Waals surface area (Å²) < 4.78 is 1.75. The van der Waals surface area contributed by atoms with Gasteiger partial charge in [-0.2, -0.15) is 5.10 Å². The Morgan fingerprint density at radius 1 is 1.30 bits per heavy atom. The average molecular weight is 286 g/mol. The lowest BCUT2D eigenvalue weighted by molar-refractivity contribution is 0.0690. The number of aryl methyl sites for hydroxylation is 1. The van der Waals surface area contributed by atoms with Gasteiger partial charge in [-0.05, 0) is 25.1 Å². The van der Waals surface area contributed by atoms with E-state index in [0.29, 0.717) is 0 Å². The lowest BCUT2D eigenvalue weighted by Gasteiger charge is -2.03. The summed E-state index contributed by atoms with van der Waals surface area (Å²) in [4.78, 5) is 19.8. The quantitative estimate of drug-likeness (QED) is 0.795. The Morgan fingerprint density at radius 2 is 2.15 bits per heavy atom. The summed E-state index contributed by atoms with van der Waals surface area (Å²) in [5.41, 5.74) is 1.82. The van der Waals surface area contributed by atoms with E-state index in [1.54, 1.807) is 23.0 Å². The summed E-state index contributed by atoms with van der Waals surface area (Å²) in [5, 5.41) is 14.0. The zero-order valence-electron chi connectivity index (χ0n) is 10.5. The van der Waals surface area contributed by atoms with Crippen molar-refractivity contribution in [2.24, 2.45) is 0 Å². The van der Waals surface area contributed by atoms with Crippen LogP contribution in [-0.4, -0.2) is 30.7 Å². The fourth-order valence-electron chi connectivity index (χ4n) is 1.80. The predicted octanol–water partition coefficient (Wildman–Crippen LogP) is 2.28. The van der Waals surface area contributed by atoms with Gasteiger partial charge in [0.05, 0.1) is 11.2 Å². The molecule has 7 heteroatoms. The average Bonchev–Trinajstić information content (AvgIpc) is 2.80. The molecule has 0 fully saturated rings. The van der Waals surface area contributed by atoms with Crippen LogP contribution in [0, 0.1) is 6.92 Å². The Hall–Kier alpha value is -2.41. The first-order valence-corrected chi connectivity index (χ1v) is 6.63. The Balaban J connectivity index is 2.01. The van der Waals surface area contributed by atoms with Crippen molar-refractivity contribution < 1.29 is 9.90 Å². The van der Waals surface area contributed by atoms with E-state index in [2.05, 4.69) is 15.1 Å². The number of aromatic nitrogens is 4. The van der Waals surface area contributed by atoms with Gasteiger partial charge in [0.1, 0.15) is 10.7 Å². The molecule has 0 saturated carbocycles. The van der Waals surface area contributed by atoms with Gasteiger partial charge in [0.15, 0.2) is 0 Å². The van der Waals surface area contributed by atoms with E-state index in [-0.39, 0.29) is 5.69 Å². The summed E-state index contributed by atoms with van der Waals surface area (Å²) in [6.45, 7) is 1.91. The maximum Gasteiger partial charge on any atom is 0.354 e. The second kappa shape index (κ2) is 4.93. The van der Waals surface area contributed by atoms with Gasteiger partial charge in [-0.1, -0.05) is 11.8 Å². The Kier molecular flexibility index (Phi) is 3.11. The van der Waals surface area contributed by atoms with E-state index >= 15 is 0 Å². The molecule has 3 rings (SSSR count). The van der Waals surface area contributed by atoms with Crippen LogP contribution in [0.4, 0.5) is 0 Å². The van der Waals surface area contributed by atoms with E-state index in [4.69, 9.17) is 5.11 Å². The number of nitrogens with zero attached hydrogens (tertiary/aromatic N) is 4. The van der Waals surface area contributed by atoms with Crippen molar-refractivity contribution in [2.45, 2.75) is 16.8 Å². The largest absolute Gasteiger partial charge is 0.477 e. The predicted molar refractivity (Wildman–Crippen MR) is 73.0 cm³/mol. The van der Waals surface area contributed by atoms with Crippen LogP contribution in [-0.2, 0) is 0 Å². The number of hydrogen-bond acceptors (Lipinski definition) is 5. The molecule has 3 aromatic rings. The standard InChI is InChI=1S/C13H10N4O2S/c1-8-6-11-12(15-4-5-17(11)16-8)20-9-2-3-14-10(7-9)13(18)19/h2-7H,1H3,(H,18,19). The molecule has 3 aromatic heterocycles. The molecule has 100 valence electrons. The molecule has 0 aliphatic carbocycles. The summed E-state index contributed by atoms with van der Waals surface area (Å²) in [5.74, 6) is -1.04. The summed E-state index contributed by atoms with van der Waals surface area (Å²) >= 11 is 1.39. The molecule has 0 bridgehead atoms. The lowest BCUT2D eigenvalue weighted by Crippen LogP contribution is -1.99. The highest BCUT2D eigenvalue weighted by atomic mass is 32.2. The monoisotopic (exact) mass is 286 g/mol. The molecule has 0 aromatic carbocycles. The van der Waals surface area contributed by atoms with Gasteiger partial charge < -0.3 is 5.11 Å². The van der Waals surface area contributed by atoms with Crippen LogP contribution < -0.4 is 0 Å². The van der Waals surface area contributed by atoms with Crippen LogP contribution in [0.5, 0.6) is 0 Å². The van der Waals surface area contributed by atoms with Gasteiger partial charge in [-0.15, -0.1) is 0 Å².